The van der Waals surface area contributed by atoms with Crippen molar-refractivity contribution in [2.45, 2.75) is 18.7 Å². The third-order valence-corrected chi connectivity index (χ3v) is 3.06. The van der Waals surface area contributed by atoms with Gasteiger partial charge in [-0.3, -0.25) is 0 Å². The van der Waals surface area contributed by atoms with Crippen LogP contribution in [0.15, 0.2) is 16.6 Å². The second-order valence-corrected chi connectivity index (χ2v) is 4.47. The summed E-state index contributed by atoms with van der Waals surface area (Å²) in [6.07, 6.45) is -0.752. The minimum atomic E-state index is -0.841. The molecule has 0 radical (unpaired) electrons. The predicted molar refractivity (Wildman–Crippen MR) is 60.5 cm³/mol. The van der Waals surface area contributed by atoms with E-state index in [9.17, 15) is 5.11 Å². The fraction of sp³-hybridized carbons (Fsp3) is 0.400. The Bertz CT molecular complexity index is 382. The molecule has 5 N–H and O–H groups in total. The number of benzene rings is 1. The summed E-state index contributed by atoms with van der Waals surface area (Å²) in [4.78, 5) is 0. The van der Waals surface area contributed by atoms with Crippen LogP contribution in [-0.4, -0.2) is 17.9 Å². The largest absolute Gasteiger partial charge is 0.492 e. The molecule has 0 unspecified atom stereocenters. The van der Waals surface area contributed by atoms with Gasteiger partial charge in [-0.2, -0.15) is 0 Å². The number of hydrogen-bond acceptors (Lipinski definition) is 4. The normalized spacial score (nSPS) is 16.3. The highest BCUT2D eigenvalue weighted by Crippen LogP contribution is 2.36. The van der Waals surface area contributed by atoms with Gasteiger partial charge in [0.25, 0.3) is 0 Å². The molecule has 4 nitrogen and oxygen atoms in total. The highest BCUT2D eigenvalue weighted by Gasteiger charge is 2.20. The van der Waals surface area contributed by atoms with Crippen LogP contribution in [0.25, 0.3) is 0 Å². The summed E-state index contributed by atoms with van der Waals surface area (Å²) >= 11 is 3.40. The van der Waals surface area contributed by atoms with Gasteiger partial charge in [0.05, 0.1) is 17.2 Å². The lowest BCUT2D eigenvalue weighted by atomic mass is 10.0. The molecule has 0 amide bonds. The molecule has 1 aliphatic heterocycles. The third kappa shape index (κ3) is 2.01. The summed E-state index contributed by atoms with van der Waals surface area (Å²) in [5.41, 5.74) is 12.7. The molecule has 0 bridgehead atoms. The van der Waals surface area contributed by atoms with Crippen LogP contribution in [0.3, 0.4) is 0 Å². The number of ether oxygens (including phenoxy) is 1. The van der Waals surface area contributed by atoms with Crippen LogP contribution in [0.2, 0.25) is 0 Å². The molecule has 1 atom stereocenters. The fourth-order valence-corrected chi connectivity index (χ4v) is 2.31. The van der Waals surface area contributed by atoms with Gasteiger partial charge in [0, 0.05) is 6.42 Å². The molecule has 15 heavy (non-hydrogen) atoms. The lowest BCUT2D eigenvalue weighted by Crippen LogP contribution is -2.37. The van der Waals surface area contributed by atoms with Gasteiger partial charge >= 0.3 is 0 Å². The molecular weight excluding hydrogens is 260 g/mol. The molecule has 82 valence electrons. The first-order valence-electron chi connectivity index (χ1n) is 4.74. The number of aliphatic hydroxyl groups excluding tert-OH is 1. The predicted octanol–water partition coefficient (Wildman–Crippen LogP) is 0.661. The molecule has 1 aliphatic rings. The van der Waals surface area contributed by atoms with E-state index in [0.29, 0.717) is 6.61 Å². The monoisotopic (exact) mass is 272 g/mol. The summed E-state index contributed by atoms with van der Waals surface area (Å²) in [6.45, 7) is 0.683. The molecule has 1 aromatic carbocycles. The van der Waals surface area contributed by atoms with E-state index in [1.165, 1.54) is 0 Å². The van der Waals surface area contributed by atoms with E-state index in [1.54, 1.807) is 6.07 Å². The van der Waals surface area contributed by atoms with Crippen molar-refractivity contribution in [2.24, 2.45) is 11.5 Å². The van der Waals surface area contributed by atoms with E-state index in [1.807, 2.05) is 6.07 Å². The minimum Gasteiger partial charge on any atom is -0.492 e. The van der Waals surface area contributed by atoms with Crippen LogP contribution in [0.4, 0.5) is 0 Å². The van der Waals surface area contributed by atoms with Crippen molar-refractivity contribution in [1.29, 1.82) is 0 Å². The zero-order valence-corrected chi connectivity index (χ0v) is 9.70. The van der Waals surface area contributed by atoms with Gasteiger partial charge in [0.15, 0.2) is 0 Å². The fourth-order valence-electron chi connectivity index (χ4n) is 1.68. The highest BCUT2D eigenvalue weighted by atomic mass is 79.9. The Balaban J connectivity index is 2.39. The number of hydrogen-bond donors (Lipinski definition) is 3. The van der Waals surface area contributed by atoms with E-state index < -0.39 is 12.3 Å². The number of rotatable bonds is 2. The Morgan fingerprint density at radius 2 is 2.13 bits per heavy atom. The second kappa shape index (κ2) is 4.09. The summed E-state index contributed by atoms with van der Waals surface area (Å²) < 4.78 is 6.27. The Hall–Kier alpha value is -0.620. The standard InChI is InChI=1S/C10H13BrN2O2/c11-7-4-6(8(14)10(12)13)3-5-1-2-15-9(5)7/h3-4,8,10,14H,1-2,12-13H2/t8-/m0/s1. The second-order valence-electron chi connectivity index (χ2n) is 3.61. The van der Waals surface area contributed by atoms with Gasteiger partial charge in [-0.15, -0.1) is 0 Å². The van der Waals surface area contributed by atoms with Crippen LogP contribution in [0.1, 0.15) is 17.2 Å². The van der Waals surface area contributed by atoms with Gasteiger partial charge < -0.3 is 21.3 Å². The van der Waals surface area contributed by atoms with Crippen molar-refractivity contribution < 1.29 is 9.84 Å². The van der Waals surface area contributed by atoms with E-state index in [2.05, 4.69) is 15.9 Å². The molecule has 0 aromatic heterocycles. The van der Waals surface area contributed by atoms with Gasteiger partial charge in [-0.25, -0.2) is 0 Å². The van der Waals surface area contributed by atoms with Crippen LogP contribution in [-0.2, 0) is 6.42 Å². The molecule has 0 saturated heterocycles. The van der Waals surface area contributed by atoms with Crippen molar-refractivity contribution in [3.63, 3.8) is 0 Å². The SMILES string of the molecule is NC(N)[C@@H](O)c1cc(Br)c2c(c1)CCO2. The lowest BCUT2D eigenvalue weighted by Gasteiger charge is -2.16. The number of halogens is 1. The van der Waals surface area contributed by atoms with Crippen LogP contribution < -0.4 is 16.2 Å². The first kappa shape index (κ1) is 10.9. The van der Waals surface area contributed by atoms with Crippen LogP contribution in [0.5, 0.6) is 5.75 Å². The van der Waals surface area contributed by atoms with Gasteiger partial charge in [-0.05, 0) is 39.2 Å². The molecule has 0 spiro atoms. The molecule has 0 fully saturated rings. The zero-order chi connectivity index (χ0) is 11.0. The summed E-state index contributed by atoms with van der Waals surface area (Å²) in [5, 5.41) is 9.74. The first-order valence-corrected chi connectivity index (χ1v) is 5.53. The Labute approximate surface area is 96.3 Å². The van der Waals surface area contributed by atoms with Crippen molar-refractivity contribution in [2.75, 3.05) is 6.61 Å². The Morgan fingerprint density at radius 3 is 2.80 bits per heavy atom. The third-order valence-electron chi connectivity index (χ3n) is 2.47. The minimum absolute atomic E-state index is 0.683. The number of nitrogens with two attached hydrogens (primary N) is 2. The molecule has 1 aromatic rings. The maximum absolute atomic E-state index is 9.74. The van der Waals surface area contributed by atoms with Crippen LogP contribution >= 0.6 is 15.9 Å². The van der Waals surface area contributed by atoms with E-state index in [-0.39, 0.29) is 0 Å². The molecule has 0 aliphatic carbocycles. The Kier molecular flexibility index (Phi) is 2.97. The van der Waals surface area contributed by atoms with Gasteiger partial charge in [0.2, 0.25) is 0 Å². The molecule has 2 rings (SSSR count). The topological polar surface area (TPSA) is 81.5 Å². The summed E-state index contributed by atoms with van der Waals surface area (Å²) in [7, 11) is 0. The number of aliphatic hydroxyl groups is 1. The molecule has 1 heterocycles. The van der Waals surface area contributed by atoms with Crippen LogP contribution in [0, 0.1) is 0 Å². The van der Waals surface area contributed by atoms with Crippen molar-refractivity contribution in [3.8, 4) is 5.75 Å². The molecule has 5 heteroatoms. The van der Waals surface area contributed by atoms with Crippen molar-refractivity contribution >= 4 is 15.9 Å². The number of fused-ring (bicyclic) bond motifs is 1. The maximum Gasteiger partial charge on any atom is 0.136 e. The first-order chi connectivity index (χ1) is 7.09. The smallest absolute Gasteiger partial charge is 0.136 e. The van der Waals surface area contributed by atoms with E-state index in [4.69, 9.17) is 16.2 Å². The van der Waals surface area contributed by atoms with E-state index >= 15 is 0 Å². The van der Waals surface area contributed by atoms with Gasteiger partial charge in [-0.1, -0.05) is 0 Å². The lowest BCUT2D eigenvalue weighted by molar-refractivity contribution is 0.148. The molecule has 0 saturated carbocycles. The molecular formula is C10H13BrN2O2. The van der Waals surface area contributed by atoms with E-state index in [0.717, 1.165) is 27.8 Å². The van der Waals surface area contributed by atoms with Gasteiger partial charge in [0.1, 0.15) is 11.9 Å². The average molecular weight is 273 g/mol. The Morgan fingerprint density at radius 1 is 1.40 bits per heavy atom. The summed E-state index contributed by atoms with van der Waals surface area (Å²) in [5.74, 6) is 0.858. The van der Waals surface area contributed by atoms with Crippen molar-refractivity contribution in [1.82, 2.24) is 0 Å². The van der Waals surface area contributed by atoms with Crippen molar-refractivity contribution in [3.05, 3.63) is 27.7 Å². The summed E-state index contributed by atoms with van der Waals surface area (Å²) in [6, 6.07) is 3.69. The maximum atomic E-state index is 9.74. The highest BCUT2D eigenvalue weighted by molar-refractivity contribution is 9.10. The average Bonchev–Trinajstić information content (AvgIpc) is 2.64. The zero-order valence-electron chi connectivity index (χ0n) is 8.11. The quantitative estimate of drug-likeness (QED) is 0.691.